The Kier molecular flexibility index (Phi) is 7.33. The van der Waals surface area contributed by atoms with Crippen molar-refractivity contribution in [3.63, 3.8) is 0 Å². The van der Waals surface area contributed by atoms with E-state index in [1.807, 2.05) is 68.1 Å². The van der Waals surface area contributed by atoms with E-state index >= 15 is 0 Å². The van der Waals surface area contributed by atoms with E-state index in [0.29, 0.717) is 51.2 Å². The van der Waals surface area contributed by atoms with Gasteiger partial charge in [-0.1, -0.05) is 30.3 Å². The maximum Gasteiger partial charge on any atom is 0.410 e. The normalized spacial score (nSPS) is 15.0. The largest absolute Gasteiger partial charge is 0.473 e. The second-order valence-electron chi connectivity index (χ2n) is 8.41. The molecule has 0 bridgehead atoms. The molecule has 3 rings (SSSR count). The SMILES string of the molecule is CC(C)(C)OC(=O)N1CCN(C(N)=NCc2ccnc(OCc3ccccc3)c2)CC1. The van der Waals surface area contributed by atoms with E-state index in [1.165, 1.54) is 0 Å². The van der Waals surface area contributed by atoms with Crippen molar-refractivity contribution in [2.45, 2.75) is 39.5 Å². The molecule has 1 aromatic carbocycles. The van der Waals surface area contributed by atoms with Gasteiger partial charge in [-0.25, -0.2) is 14.8 Å². The number of aromatic nitrogens is 1. The average Bonchev–Trinajstić information content (AvgIpc) is 2.76. The molecule has 0 aliphatic carbocycles. The molecule has 0 radical (unpaired) electrons. The van der Waals surface area contributed by atoms with Gasteiger partial charge in [0, 0.05) is 38.4 Å². The molecule has 2 aromatic rings. The lowest BCUT2D eigenvalue weighted by Gasteiger charge is -2.36. The molecule has 8 heteroatoms. The minimum absolute atomic E-state index is 0.289. The molecule has 0 atom stereocenters. The molecule has 1 amide bonds. The van der Waals surface area contributed by atoms with Gasteiger partial charge < -0.3 is 25.0 Å². The van der Waals surface area contributed by atoms with Crippen LogP contribution in [-0.2, 0) is 17.9 Å². The predicted octanol–water partition coefficient (Wildman–Crippen LogP) is 3.03. The van der Waals surface area contributed by atoms with Crippen molar-refractivity contribution < 1.29 is 14.3 Å². The van der Waals surface area contributed by atoms with Crippen LogP contribution in [-0.4, -0.2) is 58.6 Å². The summed E-state index contributed by atoms with van der Waals surface area (Å²) in [5, 5.41) is 0. The fourth-order valence-electron chi connectivity index (χ4n) is 3.08. The lowest BCUT2D eigenvalue weighted by atomic mass is 10.2. The number of hydrogen-bond donors (Lipinski definition) is 1. The molecule has 2 heterocycles. The second kappa shape index (κ2) is 10.1. The highest BCUT2D eigenvalue weighted by Crippen LogP contribution is 2.14. The van der Waals surface area contributed by atoms with Crippen molar-refractivity contribution in [2.75, 3.05) is 26.2 Å². The predicted molar refractivity (Wildman–Crippen MR) is 120 cm³/mol. The number of benzene rings is 1. The van der Waals surface area contributed by atoms with Crippen LogP contribution in [0.4, 0.5) is 4.79 Å². The van der Waals surface area contributed by atoms with E-state index in [2.05, 4.69) is 9.98 Å². The Labute approximate surface area is 183 Å². The first kappa shape index (κ1) is 22.4. The minimum atomic E-state index is -0.497. The van der Waals surface area contributed by atoms with E-state index < -0.39 is 5.60 Å². The van der Waals surface area contributed by atoms with Crippen LogP contribution in [0.15, 0.2) is 53.7 Å². The number of ether oxygens (including phenoxy) is 2. The van der Waals surface area contributed by atoms with Crippen LogP contribution in [0.25, 0.3) is 0 Å². The van der Waals surface area contributed by atoms with Gasteiger partial charge in [-0.05, 0) is 38.0 Å². The number of carbonyl (C=O) groups excluding carboxylic acids is 1. The highest BCUT2D eigenvalue weighted by molar-refractivity contribution is 5.78. The molecule has 1 aliphatic rings. The summed E-state index contributed by atoms with van der Waals surface area (Å²) < 4.78 is 11.2. The van der Waals surface area contributed by atoms with E-state index in [9.17, 15) is 4.79 Å². The molecule has 2 N–H and O–H groups in total. The molecular weight excluding hydrogens is 394 g/mol. The van der Waals surface area contributed by atoms with Crippen molar-refractivity contribution in [1.82, 2.24) is 14.8 Å². The zero-order valence-electron chi connectivity index (χ0n) is 18.5. The maximum atomic E-state index is 12.2. The molecule has 166 valence electrons. The Morgan fingerprint density at radius 2 is 1.74 bits per heavy atom. The van der Waals surface area contributed by atoms with Gasteiger partial charge in [0.2, 0.25) is 5.88 Å². The van der Waals surface area contributed by atoms with Gasteiger partial charge >= 0.3 is 6.09 Å². The van der Waals surface area contributed by atoms with E-state index in [0.717, 1.165) is 11.1 Å². The summed E-state index contributed by atoms with van der Waals surface area (Å²) in [6, 6.07) is 13.7. The lowest BCUT2D eigenvalue weighted by Crippen LogP contribution is -2.53. The summed E-state index contributed by atoms with van der Waals surface area (Å²) in [6.07, 6.45) is 1.42. The Hall–Kier alpha value is -3.29. The summed E-state index contributed by atoms with van der Waals surface area (Å²) in [5.41, 5.74) is 7.74. The first-order valence-electron chi connectivity index (χ1n) is 10.4. The topological polar surface area (TPSA) is 93.3 Å². The zero-order valence-corrected chi connectivity index (χ0v) is 18.5. The minimum Gasteiger partial charge on any atom is -0.473 e. The second-order valence-corrected chi connectivity index (χ2v) is 8.41. The molecule has 1 saturated heterocycles. The Morgan fingerprint density at radius 3 is 2.42 bits per heavy atom. The summed E-state index contributed by atoms with van der Waals surface area (Å²) >= 11 is 0. The number of hydrogen-bond acceptors (Lipinski definition) is 5. The summed E-state index contributed by atoms with van der Waals surface area (Å²) in [4.78, 5) is 24.6. The van der Waals surface area contributed by atoms with Gasteiger partial charge in [-0.15, -0.1) is 0 Å². The van der Waals surface area contributed by atoms with Crippen molar-refractivity contribution >= 4 is 12.1 Å². The Bertz CT molecular complexity index is 888. The van der Waals surface area contributed by atoms with Gasteiger partial charge in [0.05, 0.1) is 6.54 Å². The number of aliphatic imine (C=N–C) groups is 1. The van der Waals surface area contributed by atoms with Crippen LogP contribution in [0.2, 0.25) is 0 Å². The van der Waals surface area contributed by atoms with E-state index in [1.54, 1.807) is 11.1 Å². The van der Waals surface area contributed by atoms with Crippen molar-refractivity contribution in [3.05, 3.63) is 59.8 Å². The fraction of sp³-hybridized carbons (Fsp3) is 0.435. The number of rotatable bonds is 5. The van der Waals surface area contributed by atoms with E-state index in [-0.39, 0.29) is 6.09 Å². The highest BCUT2D eigenvalue weighted by atomic mass is 16.6. The monoisotopic (exact) mass is 425 g/mol. The van der Waals surface area contributed by atoms with Crippen LogP contribution in [0.1, 0.15) is 31.9 Å². The molecule has 8 nitrogen and oxygen atoms in total. The maximum absolute atomic E-state index is 12.2. The third-order valence-electron chi connectivity index (χ3n) is 4.71. The van der Waals surface area contributed by atoms with Crippen LogP contribution in [0, 0.1) is 0 Å². The first-order chi connectivity index (χ1) is 14.8. The van der Waals surface area contributed by atoms with Gasteiger partial charge in [-0.3, -0.25) is 0 Å². The number of nitrogens with two attached hydrogens (primary N) is 1. The molecule has 0 spiro atoms. The highest BCUT2D eigenvalue weighted by Gasteiger charge is 2.26. The molecular formula is C23H31N5O3. The van der Waals surface area contributed by atoms with Crippen LogP contribution in [0.5, 0.6) is 5.88 Å². The van der Waals surface area contributed by atoms with Crippen molar-refractivity contribution in [2.24, 2.45) is 10.7 Å². The molecule has 0 unspecified atom stereocenters. The smallest absolute Gasteiger partial charge is 0.410 e. The van der Waals surface area contributed by atoms with Crippen molar-refractivity contribution in [1.29, 1.82) is 0 Å². The zero-order chi connectivity index (χ0) is 22.3. The van der Waals surface area contributed by atoms with Crippen molar-refractivity contribution in [3.8, 4) is 5.88 Å². The summed E-state index contributed by atoms with van der Waals surface area (Å²) in [7, 11) is 0. The number of amides is 1. The fourth-order valence-corrected chi connectivity index (χ4v) is 3.08. The molecule has 31 heavy (non-hydrogen) atoms. The van der Waals surface area contributed by atoms with Gasteiger partial charge in [0.25, 0.3) is 0 Å². The third-order valence-corrected chi connectivity index (χ3v) is 4.71. The molecule has 1 fully saturated rings. The third kappa shape index (κ3) is 7.16. The summed E-state index contributed by atoms with van der Waals surface area (Å²) in [6.45, 7) is 8.84. The number of piperazine rings is 1. The Balaban J connectivity index is 1.49. The number of guanidine groups is 1. The average molecular weight is 426 g/mol. The molecule has 1 aliphatic heterocycles. The molecule has 1 aromatic heterocycles. The van der Waals surface area contributed by atoms with Crippen LogP contribution >= 0.6 is 0 Å². The van der Waals surface area contributed by atoms with Crippen LogP contribution in [0.3, 0.4) is 0 Å². The number of carbonyl (C=O) groups is 1. The quantitative estimate of drug-likeness (QED) is 0.585. The first-order valence-corrected chi connectivity index (χ1v) is 10.4. The summed E-state index contributed by atoms with van der Waals surface area (Å²) in [5.74, 6) is 1.02. The Morgan fingerprint density at radius 1 is 1.06 bits per heavy atom. The number of nitrogens with zero attached hydrogens (tertiary/aromatic N) is 4. The van der Waals surface area contributed by atoms with Gasteiger partial charge in [0.1, 0.15) is 12.2 Å². The number of pyridine rings is 1. The van der Waals surface area contributed by atoms with Gasteiger partial charge in [0.15, 0.2) is 5.96 Å². The molecule has 0 saturated carbocycles. The van der Waals surface area contributed by atoms with Gasteiger partial charge in [-0.2, -0.15) is 0 Å². The lowest BCUT2D eigenvalue weighted by molar-refractivity contribution is 0.0186. The van der Waals surface area contributed by atoms with Crippen LogP contribution < -0.4 is 10.5 Å². The van der Waals surface area contributed by atoms with E-state index in [4.69, 9.17) is 15.2 Å². The standard InChI is InChI=1S/C23H31N5O3/c1-23(2,3)31-22(29)28-13-11-27(12-14-28)21(24)26-16-19-9-10-25-20(15-19)30-17-18-7-5-4-6-8-18/h4-10,15H,11-14,16-17H2,1-3H3,(H2,24,26).